The molecule has 19 heavy (non-hydrogen) atoms. The topological polar surface area (TPSA) is 53.4 Å². The molecule has 0 aliphatic carbocycles. The first-order chi connectivity index (χ1) is 9.25. The number of pyridine rings is 1. The third-order valence-electron chi connectivity index (χ3n) is 3.77. The normalized spacial score (nSPS) is 19.9. The van der Waals surface area contributed by atoms with Gasteiger partial charge >= 0.3 is 5.97 Å². The molecular weight excluding hydrogens is 240 g/mol. The summed E-state index contributed by atoms with van der Waals surface area (Å²) in [5, 5.41) is 11.5. The fourth-order valence-electron chi connectivity index (χ4n) is 2.82. The molecule has 1 aliphatic heterocycles. The van der Waals surface area contributed by atoms with Gasteiger partial charge in [-0.15, -0.1) is 0 Å². The predicted octanol–water partition coefficient (Wildman–Crippen LogP) is 2.28. The number of nitrogens with zero attached hydrogens (tertiary/aromatic N) is 2. The van der Waals surface area contributed by atoms with Crippen LogP contribution in [0.2, 0.25) is 0 Å². The van der Waals surface area contributed by atoms with Crippen molar-refractivity contribution in [3.8, 4) is 0 Å². The summed E-state index contributed by atoms with van der Waals surface area (Å²) in [5.74, 6) is -0.717. The van der Waals surface area contributed by atoms with E-state index in [1.165, 1.54) is 0 Å². The number of aliphatic carboxylic acids is 1. The molecule has 1 aliphatic rings. The Bertz CT molecular complexity index is 607. The second kappa shape index (κ2) is 4.97. The van der Waals surface area contributed by atoms with Gasteiger partial charge in [0.1, 0.15) is 6.04 Å². The number of fused-ring (bicyclic) bond motifs is 1. The van der Waals surface area contributed by atoms with Crippen molar-refractivity contribution in [1.29, 1.82) is 0 Å². The molecule has 1 fully saturated rings. The predicted molar refractivity (Wildman–Crippen MR) is 72.8 cm³/mol. The van der Waals surface area contributed by atoms with Gasteiger partial charge in [0.05, 0.1) is 0 Å². The van der Waals surface area contributed by atoms with Crippen LogP contribution in [0.3, 0.4) is 0 Å². The van der Waals surface area contributed by atoms with Crippen molar-refractivity contribution >= 4 is 16.7 Å². The van der Waals surface area contributed by atoms with Crippen molar-refractivity contribution in [1.82, 2.24) is 9.88 Å². The number of aromatic nitrogens is 1. The van der Waals surface area contributed by atoms with E-state index in [0.29, 0.717) is 6.54 Å². The highest BCUT2D eigenvalue weighted by Crippen LogP contribution is 2.24. The van der Waals surface area contributed by atoms with Crippen LogP contribution < -0.4 is 0 Å². The highest BCUT2D eigenvalue weighted by Gasteiger charge is 2.30. The standard InChI is InChI=1S/C15H16N2O2/c18-15(19)14-6-3-7-17(14)10-12-9-16-8-11-4-1-2-5-13(11)12/h1-2,4-5,8-9,14H,3,6-7,10H2,(H,18,19). The Hall–Kier alpha value is -1.94. The molecule has 0 saturated carbocycles. The number of carbonyl (C=O) groups is 1. The van der Waals surface area contributed by atoms with Gasteiger partial charge in [-0.05, 0) is 30.3 Å². The molecular formula is C15H16N2O2. The third kappa shape index (κ3) is 2.31. The van der Waals surface area contributed by atoms with E-state index in [1.807, 2.05) is 35.5 Å². The lowest BCUT2D eigenvalue weighted by Crippen LogP contribution is -2.35. The first-order valence-electron chi connectivity index (χ1n) is 6.54. The monoisotopic (exact) mass is 256 g/mol. The van der Waals surface area contributed by atoms with Crippen molar-refractivity contribution in [3.63, 3.8) is 0 Å². The Balaban J connectivity index is 1.91. The number of benzene rings is 1. The highest BCUT2D eigenvalue weighted by molar-refractivity contribution is 5.84. The van der Waals surface area contributed by atoms with Crippen molar-refractivity contribution in [2.45, 2.75) is 25.4 Å². The second-order valence-corrected chi connectivity index (χ2v) is 4.99. The lowest BCUT2D eigenvalue weighted by atomic mass is 10.1. The summed E-state index contributed by atoms with van der Waals surface area (Å²) in [4.78, 5) is 17.5. The summed E-state index contributed by atoms with van der Waals surface area (Å²) in [6, 6.07) is 7.75. The summed E-state index contributed by atoms with van der Waals surface area (Å²) >= 11 is 0. The van der Waals surface area contributed by atoms with E-state index in [2.05, 4.69) is 11.1 Å². The molecule has 3 rings (SSSR count). The molecule has 2 heterocycles. The molecule has 2 aromatic rings. The van der Waals surface area contributed by atoms with E-state index < -0.39 is 5.97 Å². The van der Waals surface area contributed by atoms with Crippen LogP contribution in [0.1, 0.15) is 18.4 Å². The molecule has 0 bridgehead atoms. The summed E-state index contributed by atoms with van der Waals surface area (Å²) in [5.41, 5.74) is 1.10. The molecule has 4 heteroatoms. The van der Waals surface area contributed by atoms with Gasteiger partial charge in [0.25, 0.3) is 0 Å². The minimum atomic E-state index is -0.717. The maximum atomic E-state index is 11.2. The molecule has 0 radical (unpaired) electrons. The first kappa shape index (κ1) is 12.1. The molecule has 98 valence electrons. The molecule has 4 nitrogen and oxygen atoms in total. The average molecular weight is 256 g/mol. The van der Waals surface area contributed by atoms with Crippen molar-refractivity contribution < 1.29 is 9.90 Å². The molecule has 1 aromatic heterocycles. The van der Waals surface area contributed by atoms with Gasteiger partial charge in [-0.2, -0.15) is 0 Å². The van der Waals surface area contributed by atoms with Gasteiger partial charge in [0, 0.05) is 24.3 Å². The van der Waals surface area contributed by atoms with Gasteiger partial charge in [-0.25, -0.2) is 0 Å². The van der Waals surface area contributed by atoms with Gasteiger partial charge in [-0.3, -0.25) is 14.7 Å². The highest BCUT2D eigenvalue weighted by atomic mass is 16.4. The Morgan fingerprint density at radius 3 is 3.05 bits per heavy atom. The fourth-order valence-corrected chi connectivity index (χ4v) is 2.82. The summed E-state index contributed by atoms with van der Waals surface area (Å²) in [6.07, 6.45) is 5.39. The van der Waals surface area contributed by atoms with Crippen LogP contribution in [0, 0.1) is 0 Å². The number of hydrogen-bond donors (Lipinski definition) is 1. The van der Waals surface area contributed by atoms with Gasteiger partial charge in [0.2, 0.25) is 0 Å². The summed E-state index contributed by atoms with van der Waals surface area (Å²) in [7, 11) is 0. The van der Waals surface area contributed by atoms with E-state index in [1.54, 1.807) is 0 Å². The Morgan fingerprint density at radius 2 is 2.21 bits per heavy atom. The minimum Gasteiger partial charge on any atom is -0.480 e. The zero-order valence-electron chi connectivity index (χ0n) is 10.6. The molecule has 0 spiro atoms. The van der Waals surface area contributed by atoms with E-state index in [9.17, 15) is 9.90 Å². The average Bonchev–Trinajstić information content (AvgIpc) is 2.87. The molecule has 1 atom stereocenters. The maximum Gasteiger partial charge on any atom is 0.320 e. The summed E-state index contributed by atoms with van der Waals surface area (Å²) in [6.45, 7) is 1.51. The minimum absolute atomic E-state index is 0.348. The van der Waals surface area contributed by atoms with Crippen molar-refractivity contribution in [3.05, 3.63) is 42.2 Å². The van der Waals surface area contributed by atoms with Gasteiger partial charge < -0.3 is 5.11 Å². The molecule has 1 N–H and O–H groups in total. The van der Waals surface area contributed by atoms with Crippen LogP contribution in [-0.4, -0.2) is 33.5 Å². The quantitative estimate of drug-likeness (QED) is 0.915. The van der Waals surface area contributed by atoms with E-state index in [0.717, 1.165) is 35.7 Å². The van der Waals surface area contributed by atoms with E-state index in [-0.39, 0.29) is 6.04 Å². The number of carboxylic acid groups (broad SMARTS) is 1. The lowest BCUT2D eigenvalue weighted by molar-refractivity contribution is -0.142. The Morgan fingerprint density at radius 1 is 1.37 bits per heavy atom. The van der Waals surface area contributed by atoms with Crippen LogP contribution in [0.15, 0.2) is 36.7 Å². The van der Waals surface area contributed by atoms with Crippen LogP contribution in [0.5, 0.6) is 0 Å². The van der Waals surface area contributed by atoms with Crippen molar-refractivity contribution in [2.75, 3.05) is 6.54 Å². The van der Waals surface area contributed by atoms with Crippen LogP contribution >= 0.6 is 0 Å². The molecule has 1 saturated heterocycles. The summed E-state index contributed by atoms with van der Waals surface area (Å²) < 4.78 is 0. The largest absolute Gasteiger partial charge is 0.480 e. The number of likely N-dealkylation sites (tertiary alicyclic amines) is 1. The molecule has 0 amide bonds. The Labute approximate surface area is 111 Å². The first-order valence-corrected chi connectivity index (χ1v) is 6.54. The van der Waals surface area contributed by atoms with Gasteiger partial charge in [-0.1, -0.05) is 24.3 Å². The molecule has 1 aromatic carbocycles. The zero-order chi connectivity index (χ0) is 13.2. The number of carboxylic acids is 1. The third-order valence-corrected chi connectivity index (χ3v) is 3.77. The fraction of sp³-hybridized carbons (Fsp3) is 0.333. The smallest absolute Gasteiger partial charge is 0.320 e. The maximum absolute atomic E-state index is 11.2. The molecule has 1 unspecified atom stereocenters. The lowest BCUT2D eigenvalue weighted by Gasteiger charge is -2.21. The van der Waals surface area contributed by atoms with Crippen molar-refractivity contribution in [2.24, 2.45) is 0 Å². The van der Waals surface area contributed by atoms with E-state index >= 15 is 0 Å². The van der Waals surface area contributed by atoms with Gasteiger partial charge in [0.15, 0.2) is 0 Å². The number of rotatable bonds is 3. The SMILES string of the molecule is O=C(O)C1CCCN1Cc1cncc2ccccc12. The number of hydrogen-bond acceptors (Lipinski definition) is 3. The Kier molecular flexibility index (Phi) is 3.17. The second-order valence-electron chi connectivity index (χ2n) is 4.99. The van der Waals surface area contributed by atoms with Crippen LogP contribution in [0.4, 0.5) is 0 Å². The van der Waals surface area contributed by atoms with Crippen LogP contribution in [0.25, 0.3) is 10.8 Å². The van der Waals surface area contributed by atoms with Crippen LogP contribution in [-0.2, 0) is 11.3 Å². The zero-order valence-corrected chi connectivity index (χ0v) is 10.6. The van der Waals surface area contributed by atoms with E-state index in [4.69, 9.17) is 0 Å².